The van der Waals surface area contributed by atoms with Crippen LogP contribution in [0.5, 0.6) is 0 Å². The van der Waals surface area contributed by atoms with Gasteiger partial charge in [0.1, 0.15) is 0 Å². The number of benzene rings is 3. The Morgan fingerprint density at radius 3 is 1.63 bits per heavy atom. The summed E-state index contributed by atoms with van der Waals surface area (Å²) in [5.74, 6) is 0.436. The lowest BCUT2D eigenvalue weighted by Crippen LogP contribution is -2.49. The van der Waals surface area contributed by atoms with E-state index in [1.807, 2.05) is 0 Å². The normalized spacial score (nSPS) is 24.9. The molecule has 0 aliphatic heterocycles. The molecule has 3 aromatic rings. The van der Waals surface area contributed by atoms with Crippen molar-refractivity contribution in [3.63, 3.8) is 0 Å². The first-order chi connectivity index (χ1) is 16.1. The molecule has 1 aliphatic rings. The maximum Gasteiger partial charge on any atom is 0.0222 e. The van der Waals surface area contributed by atoms with Crippen molar-refractivity contribution in [2.75, 3.05) is 0 Å². The van der Waals surface area contributed by atoms with Crippen molar-refractivity contribution in [2.24, 2.45) is 11.3 Å². The second kappa shape index (κ2) is 8.36. The van der Waals surface area contributed by atoms with Gasteiger partial charge in [-0.05, 0) is 61.8 Å². The summed E-state index contributed by atoms with van der Waals surface area (Å²) >= 11 is 0. The molecule has 0 saturated carbocycles. The minimum absolute atomic E-state index is 0.0218. The fourth-order valence-electron chi connectivity index (χ4n) is 8.20. The molecule has 0 radical (unpaired) electrons. The quantitative estimate of drug-likeness (QED) is 0.359. The molecule has 0 nitrogen and oxygen atoms in total. The Hall–Kier alpha value is -2.34. The molecule has 0 heteroatoms. The van der Waals surface area contributed by atoms with Crippen LogP contribution >= 0.6 is 0 Å². The van der Waals surface area contributed by atoms with Gasteiger partial charge in [-0.25, -0.2) is 0 Å². The first kappa shape index (κ1) is 25.7. The minimum Gasteiger partial charge on any atom is -0.0622 e. The van der Waals surface area contributed by atoms with Crippen LogP contribution in [-0.2, 0) is 21.7 Å². The van der Waals surface area contributed by atoms with E-state index in [0.717, 1.165) is 6.42 Å². The van der Waals surface area contributed by atoms with Crippen LogP contribution in [-0.4, -0.2) is 0 Å². The Morgan fingerprint density at radius 1 is 0.600 bits per heavy atom. The van der Waals surface area contributed by atoms with Gasteiger partial charge >= 0.3 is 0 Å². The highest BCUT2D eigenvalue weighted by atomic mass is 14.6. The van der Waals surface area contributed by atoms with E-state index in [9.17, 15) is 0 Å². The number of hydrogen-bond acceptors (Lipinski definition) is 0. The van der Waals surface area contributed by atoms with E-state index in [-0.39, 0.29) is 27.1 Å². The van der Waals surface area contributed by atoms with Gasteiger partial charge in [0, 0.05) is 5.41 Å². The lowest BCUT2D eigenvalue weighted by Gasteiger charge is -2.51. The van der Waals surface area contributed by atoms with Crippen LogP contribution in [0.4, 0.5) is 0 Å². The molecule has 35 heavy (non-hydrogen) atoms. The molecule has 0 heterocycles. The number of rotatable bonds is 4. The third-order valence-corrected chi connectivity index (χ3v) is 8.84. The van der Waals surface area contributed by atoms with Crippen molar-refractivity contribution >= 4 is 0 Å². The van der Waals surface area contributed by atoms with Crippen LogP contribution in [0.25, 0.3) is 0 Å². The van der Waals surface area contributed by atoms with Crippen molar-refractivity contribution < 1.29 is 0 Å². The fourth-order valence-corrected chi connectivity index (χ4v) is 8.20. The lowest BCUT2D eigenvalue weighted by molar-refractivity contribution is 0.0762. The first-order valence-electron chi connectivity index (χ1n) is 13.4. The molecule has 0 amide bonds. The van der Waals surface area contributed by atoms with Gasteiger partial charge < -0.3 is 0 Å². The molecule has 0 saturated heterocycles. The van der Waals surface area contributed by atoms with Crippen LogP contribution in [0.3, 0.4) is 0 Å². The van der Waals surface area contributed by atoms with Gasteiger partial charge in [-0.1, -0.05) is 148 Å². The summed E-state index contributed by atoms with van der Waals surface area (Å²) in [6, 6.07) is 29.8. The van der Waals surface area contributed by atoms with Crippen LogP contribution in [0, 0.1) is 11.3 Å². The van der Waals surface area contributed by atoms with E-state index in [1.165, 1.54) is 27.8 Å². The van der Waals surface area contributed by atoms with Gasteiger partial charge in [0.15, 0.2) is 0 Å². The maximum atomic E-state index is 2.57. The van der Waals surface area contributed by atoms with Gasteiger partial charge in [-0.15, -0.1) is 0 Å². The zero-order chi connectivity index (χ0) is 25.9. The average Bonchev–Trinajstić information content (AvgIpc) is 2.98. The third-order valence-electron chi connectivity index (χ3n) is 8.84. The zero-order valence-electron chi connectivity index (χ0n) is 23.8. The predicted molar refractivity (Wildman–Crippen MR) is 152 cm³/mol. The Morgan fingerprint density at radius 2 is 1.09 bits per heavy atom. The van der Waals surface area contributed by atoms with E-state index < -0.39 is 0 Å². The molecule has 1 aliphatic carbocycles. The van der Waals surface area contributed by atoms with E-state index >= 15 is 0 Å². The first-order valence-corrected chi connectivity index (χ1v) is 13.4. The second-order valence-corrected chi connectivity index (χ2v) is 14.2. The molecule has 3 atom stereocenters. The summed E-state index contributed by atoms with van der Waals surface area (Å²) in [7, 11) is 0. The summed E-state index contributed by atoms with van der Waals surface area (Å²) in [5.41, 5.74) is 7.64. The van der Waals surface area contributed by atoms with Crippen molar-refractivity contribution in [3.05, 3.63) is 107 Å². The summed E-state index contributed by atoms with van der Waals surface area (Å²) < 4.78 is 0. The highest BCUT2D eigenvalue weighted by molar-refractivity contribution is 5.57. The van der Waals surface area contributed by atoms with Crippen molar-refractivity contribution in [2.45, 2.75) is 97.3 Å². The second-order valence-electron chi connectivity index (χ2n) is 14.2. The predicted octanol–water partition coefficient (Wildman–Crippen LogP) is 9.59. The average molecular weight is 467 g/mol. The summed E-state index contributed by atoms with van der Waals surface area (Å²) in [5, 5.41) is 0. The summed E-state index contributed by atoms with van der Waals surface area (Å²) in [6.07, 6.45) is 1.11. The van der Waals surface area contributed by atoms with E-state index in [4.69, 9.17) is 0 Å². The minimum atomic E-state index is -0.0831. The smallest absolute Gasteiger partial charge is 0.0222 e. The van der Waals surface area contributed by atoms with Gasteiger partial charge in [-0.2, -0.15) is 0 Å². The highest BCUT2D eigenvalue weighted by Gasteiger charge is 2.61. The molecule has 0 aromatic heterocycles. The topological polar surface area (TPSA) is 0 Å². The Balaban J connectivity index is 2.01. The number of fused-ring (bicyclic) bond motifs is 1. The van der Waals surface area contributed by atoms with Crippen LogP contribution in [0.1, 0.15) is 103 Å². The van der Waals surface area contributed by atoms with Crippen molar-refractivity contribution in [3.8, 4) is 0 Å². The van der Waals surface area contributed by atoms with Crippen LogP contribution < -0.4 is 0 Å². The molecule has 0 spiro atoms. The largest absolute Gasteiger partial charge is 0.0622 e. The van der Waals surface area contributed by atoms with Gasteiger partial charge in [0.2, 0.25) is 0 Å². The Labute approximate surface area is 215 Å². The van der Waals surface area contributed by atoms with E-state index in [1.54, 1.807) is 0 Å². The van der Waals surface area contributed by atoms with Gasteiger partial charge in [0.25, 0.3) is 0 Å². The molecule has 4 rings (SSSR count). The van der Waals surface area contributed by atoms with Crippen LogP contribution in [0.15, 0.2) is 78.9 Å². The number of hydrogen-bond donors (Lipinski definition) is 0. The fraction of sp³-hybridized carbons (Fsp3) is 0.486. The molecule has 186 valence electrons. The molecule has 3 aromatic carbocycles. The maximum absolute atomic E-state index is 2.57. The Kier molecular flexibility index (Phi) is 6.15. The monoisotopic (exact) mass is 466 g/mol. The van der Waals surface area contributed by atoms with E-state index in [2.05, 4.69) is 148 Å². The molecule has 0 N–H and O–H groups in total. The Bertz CT molecular complexity index is 1180. The SMILES string of the molecule is CC(C)(C)c1ccccc1C1(C)c2ccccc2C(C)(CC(C)(C)c2ccccc2)C1C(C)(C)C. The van der Waals surface area contributed by atoms with E-state index in [0.29, 0.717) is 5.92 Å². The zero-order valence-corrected chi connectivity index (χ0v) is 23.8. The summed E-state index contributed by atoms with van der Waals surface area (Å²) in [6.45, 7) is 24.5. The van der Waals surface area contributed by atoms with Crippen molar-refractivity contribution in [1.29, 1.82) is 0 Å². The van der Waals surface area contributed by atoms with Crippen molar-refractivity contribution in [1.82, 2.24) is 0 Å². The van der Waals surface area contributed by atoms with Gasteiger partial charge in [-0.3, -0.25) is 0 Å². The molecule has 3 unspecified atom stereocenters. The van der Waals surface area contributed by atoms with Gasteiger partial charge in [0.05, 0.1) is 0 Å². The standard InChI is InChI=1S/C35H46/c1-31(2,3)26-20-14-16-22-28(26)35(10)29-23-17-15-21-27(29)34(9,30(35)32(4,5)6)24-33(7,8)25-18-12-11-13-19-25/h11-23,30H,24H2,1-10H3. The molecule has 0 bridgehead atoms. The highest BCUT2D eigenvalue weighted by Crippen LogP contribution is 2.65. The molecular weight excluding hydrogens is 420 g/mol. The molecular formula is C35H46. The third kappa shape index (κ3) is 4.18. The molecule has 0 fully saturated rings. The summed E-state index contributed by atoms with van der Waals surface area (Å²) in [4.78, 5) is 0. The van der Waals surface area contributed by atoms with Crippen LogP contribution in [0.2, 0.25) is 0 Å². The lowest BCUT2D eigenvalue weighted by atomic mass is 9.52.